The van der Waals surface area contributed by atoms with Crippen LogP contribution in [0.15, 0.2) is 40.9 Å². The van der Waals surface area contributed by atoms with Crippen LogP contribution in [0.4, 0.5) is 0 Å². The van der Waals surface area contributed by atoms with E-state index in [1.807, 2.05) is 36.4 Å². The molecule has 2 aromatic carbocycles. The van der Waals surface area contributed by atoms with E-state index in [1.54, 1.807) is 0 Å². The van der Waals surface area contributed by atoms with Crippen molar-refractivity contribution in [2.75, 3.05) is 0 Å². The summed E-state index contributed by atoms with van der Waals surface area (Å²) in [7, 11) is 0. The van der Waals surface area contributed by atoms with E-state index >= 15 is 0 Å². The van der Waals surface area contributed by atoms with Crippen molar-refractivity contribution in [1.82, 2.24) is 9.55 Å². The van der Waals surface area contributed by atoms with Crippen LogP contribution in [0.2, 0.25) is 10.0 Å². The van der Waals surface area contributed by atoms with Gasteiger partial charge in [0, 0.05) is 16.6 Å². The van der Waals surface area contributed by atoms with Gasteiger partial charge in [-0.15, -0.1) is 0 Å². The maximum Gasteiger partial charge on any atom is 0.141 e. The lowest BCUT2D eigenvalue weighted by molar-refractivity contribution is 0.704. The smallest absolute Gasteiger partial charge is 0.141 e. The molecule has 2 nitrogen and oxygen atoms in total. The molecule has 0 bridgehead atoms. The predicted molar refractivity (Wildman–Crippen MR) is 93.2 cm³/mol. The highest BCUT2D eigenvalue weighted by Gasteiger charge is 2.15. The molecule has 3 rings (SSSR count). The van der Waals surface area contributed by atoms with Gasteiger partial charge in [-0.05, 0) is 46.6 Å². The molecule has 3 aromatic rings. The van der Waals surface area contributed by atoms with Gasteiger partial charge in [0.2, 0.25) is 0 Å². The first-order valence-corrected chi connectivity index (χ1v) is 8.27. The Morgan fingerprint density at radius 1 is 1.14 bits per heavy atom. The predicted octanol–water partition coefficient (Wildman–Crippen LogP) is 6.18. The van der Waals surface area contributed by atoms with Crippen LogP contribution in [-0.2, 0) is 6.54 Å². The standard InChI is InChI=1S/C16H13BrCl2N2/c1-2-8-21-15-12(18)4-3-5-14(15)20-16(21)10-6-7-11(17)13(19)9-10/h3-7,9H,2,8H2,1H3. The molecular formula is C16H13BrCl2N2. The van der Waals surface area contributed by atoms with Gasteiger partial charge in [0.05, 0.1) is 21.1 Å². The lowest BCUT2D eigenvalue weighted by Crippen LogP contribution is -2.00. The van der Waals surface area contributed by atoms with E-state index < -0.39 is 0 Å². The Bertz CT molecular complexity index is 811. The minimum absolute atomic E-state index is 0.675. The van der Waals surface area contributed by atoms with Crippen molar-refractivity contribution >= 4 is 50.2 Å². The number of halogens is 3. The fourth-order valence-corrected chi connectivity index (χ4v) is 3.14. The number of imidazole rings is 1. The maximum atomic E-state index is 6.36. The summed E-state index contributed by atoms with van der Waals surface area (Å²) >= 11 is 16.0. The summed E-state index contributed by atoms with van der Waals surface area (Å²) in [6, 6.07) is 11.7. The Labute approximate surface area is 141 Å². The molecule has 0 saturated carbocycles. The van der Waals surface area contributed by atoms with Crippen molar-refractivity contribution in [1.29, 1.82) is 0 Å². The molecule has 0 unspecified atom stereocenters. The summed E-state index contributed by atoms with van der Waals surface area (Å²) in [6.07, 6.45) is 1.01. The molecule has 1 aromatic heterocycles. The first kappa shape index (κ1) is 14.9. The van der Waals surface area contributed by atoms with Crippen LogP contribution in [0, 0.1) is 0 Å². The van der Waals surface area contributed by atoms with Crippen LogP contribution in [0.1, 0.15) is 13.3 Å². The summed E-state index contributed by atoms with van der Waals surface area (Å²) in [5, 5.41) is 1.40. The van der Waals surface area contributed by atoms with Gasteiger partial charge >= 0.3 is 0 Å². The average molecular weight is 384 g/mol. The molecular weight excluding hydrogens is 371 g/mol. The number of aromatic nitrogens is 2. The third kappa shape index (κ3) is 2.70. The fourth-order valence-electron chi connectivity index (χ4n) is 2.44. The van der Waals surface area contributed by atoms with Crippen molar-refractivity contribution < 1.29 is 0 Å². The molecule has 0 amide bonds. The van der Waals surface area contributed by atoms with Crippen LogP contribution < -0.4 is 0 Å². The van der Waals surface area contributed by atoms with E-state index in [0.29, 0.717) is 5.02 Å². The number of nitrogens with zero attached hydrogens (tertiary/aromatic N) is 2. The summed E-state index contributed by atoms with van der Waals surface area (Å²) in [5.41, 5.74) is 2.88. The van der Waals surface area contributed by atoms with Crippen molar-refractivity contribution in [3.63, 3.8) is 0 Å². The second-order valence-electron chi connectivity index (χ2n) is 4.82. The van der Waals surface area contributed by atoms with E-state index in [2.05, 4.69) is 27.4 Å². The topological polar surface area (TPSA) is 17.8 Å². The molecule has 1 heterocycles. The van der Waals surface area contributed by atoms with E-state index in [0.717, 1.165) is 44.9 Å². The summed E-state index contributed by atoms with van der Waals surface area (Å²) in [5.74, 6) is 0.898. The Morgan fingerprint density at radius 2 is 1.95 bits per heavy atom. The van der Waals surface area contributed by atoms with Gasteiger partial charge in [-0.3, -0.25) is 0 Å². The van der Waals surface area contributed by atoms with Crippen LogP contribution in [0.5, 0.6) is 0 Å². The summed E-state index contributed by atoms with van der Waals surface area (Å²) in [4.78, 5) is 4.74. The molecule has 21 heavy (non-hydrogen) atoms. The number of hydrogen-bond donors (Lipinski definition) is 0. The molecule has 0 radical (unpaired) electrons. The Kier molecular flexibility index (Phi) is 4.25. The number of fused-ring (bicyclic) bond motifs is 1. The van der Waals surface area contributed by atoms with Gasteiger partial charge in [-0.25, -0.2) is 4.98 Å². The van der Waals surface area contributed by atoms with Crippen LogP contribution in [-0.4, -0.2) is 9.55 Å². The van der Waals surface area contributed by atoms with Crippen molar-refractivity contribution in [3.8, 4) is 11.4 Å². The number of para-hydroxylation sites is 1. The number of rotatable bonds is 3. The zero-order valence-corrected chi connectivity index (χ0v) is 14.5. The normalized spacial score (nSPS) is 11.2. The van der Waals surface area contributed by atoms with Crippen LogP contribution in [0.25, 0.3) is 22.4 Å². The van der Waals surface area contributed by atoms with E-state index in [-0.39, 0.29) is 0 Å². The molecule has 0 aliphatic rings. The van der Waals surface area contributed by atoms with E-state index in [1.165, 1.54) is 0 Å². The zero-order chi connectivity index (χ0) is 15.0. The first-order valence-electron chi connectivity index (χ1n) is 6.72. The highest BCUT2D eigenvalue weighted by atomic mass is 79.9. The Balaban J connectivity index is 2.28. The number of aryl methyl sites for hydroxylation is 1. The van der Waals surface area contributed by atoms with Gasteiger partial charge in [-0.1, -0.05) is 42.3 Å². The molecule has 0 fully saturated rings. The molecule has 0 N–H and O–H groups in total. The third-order valence-electron chi connectivity index (χ3n) is 3.34. The van der Waals surface area contributed by atoms with E-state index in [9.17, 15) is 0 Å². The Hall–Kier alpha value is -1.03. The molecule has 0 spiro atoms. The summed E-state index contributed by atoms with van der Waals surface area (Å²) < 4.78 is 3.04. The molecule has 0 saturated heterocycles. The quantitative estimate of drug-likeness (QED) is 0.527. The Morgan fingerprint density at radius 3 is 2.67 bits per heavy atom. The molecule has 0 aliphatic carbocycles. The van der Waals surface area contributed by atoms with Gasteiger partial charge in [0.1, 0.15) is 5.82 Å². The van der Waals surface area contributed by atoms with Gasteiger partial charge < -0.3 is 4.57 Å². The lowest BCUT2D eigenvalue weighted by atomic mass is 10.2. The third-order valence-corrected chi connectivity index (χ3v) is 4.88. The van der Waals surface area contributed by atoms with Crippen LogP contribution >= 0.6 is 39.1 Å². The van der Waals surface area contributed by atoms with Gasteiger partial charge in [0.15, 0.2) is 0 Å². The lowest BCUT2D eigenvalue weighted by Gasteiger charge is -2.09. The highest BCUT2D eigenvalue weighted by Crippen LogP contribution is 2.32. The molecule has 5 heteroatoms. The van der Waals surface area contributed by atoms with Crippen molar-refractivity contribution in [2.45, 2.75) is 19.9 Å². The fraction of sp³-hybridized carbons (Fsp3) is 0.188. The molecule has 0 aliphatic heterocycles. The van der Waals surface area contributed by atoms with Crippen molar-refractivity contribution in [3.05, 3.63) is 50.9 Å². The number of hydrogen-bond acceptors (Lipinski definition) is 1. The second kappa shape index (κ2) is 5.99. The van der Waals surface area contributed by atoms with Gasteiger partial charge in [0.25, 0.3) is 0 Å². The average Bonchev–Trinajstić information content (AvgIpc) is 2.83. The first-order chi connectivity index (χ1) is 10.1. The van der Waals surface area contributed by atoms with Crippen molar-refractivity contribution in [2.24, 2.45) is 0 Å². The minimum Gasteiger partial charge on any atom is -0.323 e. The zero-order valence-electron chi connectivity index (χ0n) is 11.4. The second-order valence-corrected chi connectivity index (χ2v) is 6.49. The monoisotopic (exact) mass is 382 g/mol. The van der Waals surface area contributed by atoms with Crippen LogP contribution in [0.3, 0.4) is 0 Å². The summed E-state index contributed by atoms with van der Waals surface area (Å²) in [6.45, 7) is 3.00. The maximum absolute atomic E-state index is 6.36. The SMILES string of the molecule is CCCn1c(-c2ccc(Br)c(Cl)c2)nc2cccc(Cl)c21. The van der Waals surface area contributed by atoms with E-state index in [4.69, 9.17) is 28.2 Å². The molecule has 0 atom stereocenters. The molecule has 108 valence electrons. The number of benzene rings is 2. The highest BCUT2D eigenvalue weighted by molar-refractivity contribution is 9.10. The van der Waals surface area contributed by atoms with Gasteiger partial charge in [-0.2, -0.15) is 0 Å². The largest absolute Gasteiger partial charge is 0.323 e. The minimum atomic E-state index is 0.675.